The van der Waals surface area contributed by atoms with Crippen molar-refractivity contribution in [1.82, 2.24) is 5.32 Å². The lowest BCUT2D eigenvalue weighted by Crippen LogP contribution is -2.44. The smallest absolute Gasteiger partial charge is 0.328 e. The van der Waals surface area contributed by atoms with Crippen molar-refractivity contribution in [2.75, 3.05) is 13.7 Å². The second-order valence-electron chi connectivity index (χ2n) is 3.63. The summed E-state index contributed by atoms with van der Waals surface area (Å²) < 4.78 is 5.71. The Morgan fingerprint density at radius 1 is 1.39 bits per heavy atom. The molecule has 1 amide bonds. The van der Waals surface area contributed by atoms with E-state index in [1.807, 2.05) is 24.3 Å². The summed E-state index contributed by atoms with van der Waals surface area (Å²) in [6, 6.07) is 6.80. The summed E-state index contributed by atoms with van der Waals surface area (Å²) in [4.78, 5) is 22.6. The van der Waals surface area contributed by atoms with Gasteiger partial charge in [0, 0.05) is 9.99 Å². The summed E-state index contributed by atoms with van der Waals surface area (Å²) >= 11 is 2.18. The standard InChI is InChI=1S/C12H14INO4/c1-18-12(17)10(14-11(16)7-15)6-8-2-4-9(13)5-3-8/h2-5,10,15H,6-7H2,1H3,(H,14,16)/t10-/m0/s1. The van der Waals surface area contributed by atoms with Crippen LogP contribution in [0.2, 0.25) is 0 Å². The van der Waals surface area contributed by atoms with Gasteiger partial charge in [-0.25, -0.2) is 4.79 Å². The lowest BCUT2D eigenvalue weighted by molar-refractivity contribution is -0.145. The number of carbonyl (C=O) groups excluding carboxylic acids is 2. The molecular formula is C12H14INO4. The Morgan fingerprint density at radius 2 is 2.00 bits per heavy atom. The van der Waals surface area contributed by atoms with Crippen molar-refractivity contribution in [2.45, 2.75) is 12.5 Å². The Bertz CT molecular complexity index is 419. The van der Waals surface area contributed by atoms with Crippen LogP contribution in [0.5, 0.6) is 0 Å². The molecule has 98 valence electrons. The molecule has 2 N–H and O–H groups in total. The topological polar surface area (TPSA) is 75.6 Å². The lowest BCUT2D eigenvalue weighted by atomic mass is 10.1. The molecule has 0 saturated heterocycles. The van der Waals surface area contributed by atoms with E-state index in [9.17, 15) is 9.59 Å². The minimum atomic E-state index is -0.783. The van der Waals surface area contributed by atoms with E-state index in [0.29, 0.717) is 6.42 Å². The average Bonchev–Trinajstić information content (AvgIpc) is 2.39. The molecule has 6 heteroatoms. The van der Waals surface area contributed by atoms with Crippen molar-refractivity contribution in [3.05, 3.63) is 33.4 Å². The number of aliphatic hydroxyl groups is 1. The van der Waals surface area contributed by atoms with Gasteiger partial charge >= 0.3 is 5.97 Å². The number of rotatable bonds is 5. The number of amides is 1. The van der Waals surface area contributed by atoms with Crippen molar-refractivity contribution < 1.29 is 19.4 Å². The number of nitrogens with one attached hydrogen (secondary N) is 1. The van der Waals surface area contributed by atoms with E-state index in [2.05, 4.69) is 32.6 Å². The first-order valence-corrected chi connectivity index (χ1v) is 6.37. The van der Waals surface area contributed by atoms with E-state index >= 15 is 0 Å². The first-order chi connectivity index (χ1) is 8.56. The molecule has 1 rings (SSSR count). The molecular weight excluding hydrogens is 349 g/mol. The maximum absolute atomic E-state index is 11.5. The number of methoxy groups -OCH3 is 1. The maximum atomic E-state index is 11.5. The highest BCUT2D eigenvalue weighted by Gasteiger charge is 2.21. The number of esters is 1. The molecule has 0 saturated carbocycles. The minimum Gasteiger partial charge on any atom is -0.467 e. The van der Waals surface area contributed by atoms with E-state index < -0.39 is 24.5 Å². The van der Waals surface area contributed by atoms with E-state index in [1.165, 1.54) is 7.11 Å². The summed E-state index contributed by atoms with van der Waals surface area (Å²) in [6.07, 6.45) is 0.329. The van der Waals surface area contributed by atoms with Crippen LogP contribution in [-0.4, -0.2) is 36.7 Å². The van der Waals surface area contributed by atoms with Crippen molar-refractivity contribution in [2.24, 2.45) is 0 Å². The molecule has 1 atom stereocenters. The molecule has 1 aromatic rings. The number of halogens is 1. The number of hydrogen-bond donors (Lipinski definition) is 2. The summed E-state index contributed by atoms with van der Waals surface area (Å²) in [5.41, 5.74) is 0.907. The third kappa shape index (κ3) is 4.61. The number of hydrogen-bond acceptors (Lipinski definition) is 4. The number of benzene rings is 1. The molecule has 18 heavy (non-hydrogen) atoms. The van der Waals surface area contributed by atoms with Crippen LogP contribution in [0.15, 0.2) is 24.3 Å². The second kappa shape index (κ2) is 7.32. The highest BCUT2D eigenvalue weighted by atomic mass is 127. The predicted octanol–water partition coefficient (Wildman–Crippen LogP) is 0.484. The Hall–Kier alpha value is -1.15. The summed E-state index contributed by atoms with van der Waals surface area (Å²) in [6.45, 7) is -0.653. The van der Waals surface area contributed by atoms with Gasteiger partial charge in [0.05, 0.1) is 7.11 Å². The second-order valence-corrected chi connectivity index (χ2v) is 4.88. The van der Waals surface area contributed by atoms with E-state index in [1.54, 1.807) is 0 Å². The summed E-state index contributed by atoms with van der Waals surface area (Å²) in [7, 11) is 1.26. The molecule has 5 nitrogen and oxygen atoms in total. The Kier molecular flexibility index (Phi) is 6.06. The fourth-order valence-electron chi connectivity index (χ4n) is 1.43. The normalized spacial score (nSPS) is 11.7. The first kappa shape index (κ1) is 14.9. The van der Waals surface area contributed by atoms with Gasteiger partial charge in [-0.3, -0.25) is 4.79 Å². The number of aliphatic hydroxyl groups excluding tert-OH is 1. The zero-order valence-corrected chi connectivity index (χ0v) is 12.0. The van der Waals surface area contributed by atoms with Crippen LogP contribution < -0.4 is 5.32 Å². The average molecular weight is 363 g/mol. The van der Waals surface area contributed by atoms with Crippen molar-refractivity contribution >= 4 is 34.5 Å². The van der Waals surface area contributed by atoms with Gasteiger partial charge in [0.15, 0.2) is 0 Å². The summed E-state index contributed by atoms with van der Waals surface area (Å²) in [5, 5.41) is 11.1. The maximum Gasteiger partial charge on any atom is 0.328 e. The fourth-order valence-corrected chi connectivity index (χ4v) is 1.79. The quantitative estimate of drug-likeness (QED) is 0.590. The zero-order valence-electron chi connectivity index (χ0n) is 9.85. The van der Waals surface area contributed by atoms with Crippen LogP contribution in [0.3, 0.4) is 0 Å². The molecule has 0 aliphatic heterocycles. The van der Waals surface area contributed by atoms with Crippen molar-refractivity contribution in [1.29, 1.82) is 0 Å². The molecule has 0 fully saturated rings. The Balaban J connectivity index is 2.74. The van der Waals surface area contributed by atoms with E-state index in [4.69, 9.17) is 5.11 Å². The first-order valence-electron chi connectivity index (χ1n) is 5.29. The van der Waals surface area contributed by atoms with E-state index in [0.717, 1.165) is 9.13 Å². The monoisotopic (exact) mass is 363 g/mol. The van der Waals surface area contributed by atoms with Gasteiger partial charge in [-0.15, -0.1) is 0 Å². The van der Waals surface area contributed by atoms with Gasteiger partial charge in [0.1, 0.15) is 12.6 Å². The molecule has 0 aliphatic rings. The SMILES string of the molecule is COC(=O)[C@H](Cc1ccc(I)cc1)NC(=O)CO. The van der Waals surface area contributed by atoms with Crippen LogP contribution in [0, 0.1) is 3.57 Å². The van der Waals surface area contributed by atoms with Crippen LogP contribution in [0.25, 0.3) is 0 Å². The largest absolute Gasteiger partial charge is 0.467 e. The van der Waals surface area contributed by atoms with Crippen LogP contribution in [0.1, 0.15) is 5.56 Å². The molecule has 0 aliphatic carbocycles. The van der Waals surface area contributed by atoms with Crippen molar-refractivity contribution in [3.8, 4) is 0 Å². The Morgan fingerprint density at radius 3 is 2.50 bits per heavy atom. The zero-order chi connectivity index (χ0) is 13.5. The van der Waals surface area contributed by atoms with Gasteiger partial charge in [-0.1, -0.05) is 12.1 Å². The fraction of sp³-hybridized carbons (Fsp3) is 0.333. The number of carbonyl (C=O) groups is 2. The van der Waals surface area contributed by atoms with Crippen LogP contribution in [-0.2, 0) is 20.7 Å². The molecule has 0 radical (unpaired) electrons. The number of ether oxygens (including phenoxy) is 1. The lowest BCUT2D eigenvalue weighted by Gasteiger charge is -2.15. The van der Waals surface area contributed by atoms with Crippen LogP contribution in [0.4, 0.5) is 0 Å². The van der Waals surface area contributed by atoms with Gasteiger partial charge in [0.2, 0.25) is 5.91 Å². The van der Waals surface area contributed by atoms with Gasteiger partial charge in [0.25, 0.3) is 0 Å². The summed E-state index contributed by atoms with van der Waals surface area (Å²) in [5.74, 6) is -1.13. The van der Waals surface area contributed by atoms with Gasteiger partial charge in [-0.05, 0) is 40.3 Å². The van der Waals surface area contributed by atoms with Gasteiger partial charge in [-0.2, -0.15) is 0 Å². The molecule has 0 unspecified atom stereocenters. The molecule has 1 aromatic carbocycles. The van der Waals surface area contributed by atoms with Gasteiger partial charge < -0.3 is 15.2 Å². The minimum absolute atomic E-state index is 0.329. The van der Waals surface area contributed by atoms with Crippen molar-refractivity contribution in [3.63, 3.8) is 0 Å². The Labute approximate surface area is 119 Å². The highest BCUT2D eigenvalue weighted by molar-refractivity contribution is 14.1. The predicted molar refractivity (Wildman–Crippen MR) is 73.9 cm³/mol. The van der Waals surface area contributed by atoms with Crippen LogP contribution >= 0.6 is 22.6 Å². The molecule has 0 spiro atoms. The molecule has 0 aromatic heterocycles. The third-order valence-corrected chi connectivity index (χ3v) is 3.04. The molecule has 0 heterocycles. The molecule has 0 bridgehead atoms. The van der Waals surface area contributed by atoms with E-state index in [-0.39, 0.29) is 0 Å². The third-order valence-electron chi connectivity index (χ3n) is 2.32. The highest BCUT2D eigenvalue weighted by Crippen LogP contribution is 2.09.